The molecule has 0 aliphatic carbocycles. The van der Waals surface area contributed by atoms with Crippen molar-refractivity contribution < 1.29 is 9.13 Å². The number of aryl methyl sites for hydroxylation is 2. The fraction of sp³-hybridized carbons (Fsp3) is 0.357. The topological polar surface area (TPSA) is 39.1 Å². The molecule has 0 amide bonds. The second-order valence-corrected chi connectivity index (χ2v) is 4.86. The molecular weight excluding hydrogens is 281 g/mol. The number of halogens is 2. The summed E-state index contributed by atoms with van der Waals surface area (Å²) in [5, 5.41) is 7.63. The summed E-state index contributed by atoms with van der Waals surface area (Å²) in [4.78, 5) is 0. The maximum atomic E-state index is 13.2. The van der Waals surface area contributed by atoms with Crippen LogP contribution in [-0.4, -0.2) is 16.3 Å². The first-order chi connectivity index (χ1) is 9.52. The maximum Gasteiger partial charge on any atom is 0.222 e. The van der Waals surface area contributed by atoms with Crippen LogP contribution in [0, 0.1) is 12.7 Å². The third-order valence-corrected chi connectivity index (χ3v) is 3.24. The van der Waals surface area contributed by atoms with Gasteiger partial charge in [0.2, 0.25) is 5.88 Å². The summed E-state index contributed by atoms with van der Waals surface area (Å²) < 4.78 is 20.6. The van der Waals surface area contributed by atoms with E-state index in [2.05, 4.69) is 10.4 Å². The molecule has 0 radical (unpaired) electrons. The van der Waals surface area contributed by atoms with Gasteiger partial charge in [-0.3, -0.25) is 0 Å². The van der Waals surface area contributed by atoms with Gasteiger partial charge < -0.3 is 10.1 Å². The van der Waals surface area contributed by atoms with E-state index in [0.717, 1.165) is 17.8 Å². The number of hydrogen-bond donors (Lipinski definition) is 1. The highest BCUT2D eigenvalue weighted by atomic mass is 35.5. The predicted molar refractivity (Wildman–Crippen MR) is 76.8 cm³/mol. The summed E-state index contributed by atoms with van der Waals surface area (Å²) in [7, 11) is 1.81. The van der Waals surface area contributed by atoms with Crippen molar-refractivity contribution in [1.82, 2.24) is 15.1 Å². The summed E-state index contributed by atoms with van der Waals surface area (Å²) in [6, 6.07) is 4.28. The van der Waals surface area contributed by atoms with Crippen LogP contribution in [0.3, 0.4) is 0 Å². The molecule has 108 valence electrons. The van der Waals surface area contributed by atoms with Crippen molar-refractivity contribution in [3.63, 3.8) is 0 Å². The third kappa shape index (κ3) is 3.11. The largest absolute Gasteiger partial charge is 0.439 e. The summed E-state index contributed by atoms with van der Waals surface area (Å²) in [5.41, 5.74) is 1.88. The van der Waals surface area contributed by atoms with Crippen molar-refractivity contribution in [2.24, 2.45) is 7.05 Å². The lowest BCUT2D eigenvalue weighted by molar-refractivity contribution is 0.423. The molecule has 1 aromatic heterocycles. The zero-order valence-corrected chi connectivity index (χ0v) is 12.5. The maximum absolute atomic E-state index is 13.2. The Labute approximate surface area is 122 Å². The van der Waals surface area contributed by atoms with Crippen molar-refractivity contribution in [1.29, 1.82) is 0 Å². The van der Waals surface area contributed by atoms with Crippen molar-refractivity contribution in [3.8, 4) is 11.6 Å². The van der Waals surface area contributed by atoms with E-state index in [1.165, 1.54) is 12.1 Å². The van der Waals surface area contributed by atoms with Crippen LogP contribution in [0.4, 0.5) is 4.39 Å². The number of ether oxygens (including phenoxy) is 1. The van der Waals surface area contributed by atoms with Gasteiger partial charge in [-0.2, -0.15) is 5.10 Å². The van der Waals surface area contributed by atoms with Gasteiger partial charge in [-0.1, -0.05) is 18.5 Å². The smallest absolute Gasteiger partial charge is 0.222 e. The monoisotopic (exact) mass is 297 g/mol. The molecule has 6 heteroatoms. The highest BCUT2D eigenvalue weighted by Gasteiger charge is 2.15. The molecular formula is C14H17ClFN3O. The molecule has 4 nitrogen and oxygen atoms in total. The Kier molecular flexibility index (Phi) is 4.62. The standard InChI is InChI=1S/C14H17ClFN3O/c1-4-17-8-11-9(2)18-19(3)14(11)20-10-5-6-13(16)12(15)7-10/h5-7,17H,4,8H2,1-3H3. The van der Waals surface area contributed by atoms with Gasteiger partial charge in [0.15, 0.2) is 0 Å². The average molecular weight is 298 g/mol. The number of hydrogen-bond acceptors (Lipinski definition) is 3. The molecule has 1 aromatic carbocycles. The fourth-order valence-electron chi connectivity index (χ4n) is 1.91. The van der Waals surface area contributed by atoms with Gasteiger partial charge in [0, 0.05) is 19.7 Å². The molecule has 0 fully saturated rings. The first-order valence-electron chi connectivity index (χ1n) is 6.39. The molecule has 1 N–H and O–H groups in total. The Morgan fingerprint density at radius 3 is 2.85 bits per heavy atom. The van der Waals surface area contributed by atoms with Gasteiger partial charge in [-0.05, 0) is 25.6 Å². The molecule has 0 spiro atoms. The molecule has 0 aliphatic rings. The lowest BCUT2D eigenvalue weighted by Crippen LogP contribution is -2.12. The van der Waals surface area contributed by atoms with Crippen LogP contribution < -0.4 is 10.1 Å². The third-order valence-electron chi connectivity index (χ3n) is 2.95. The molecule has 2 rings (SSSR count). The van der Waals surface area contributed by atoms with Gasteiger partial charge in [-0.15, -0.1) is 0 Å². The minimum atomic E-state index is -0.465. The van der Waals surface area contributed by atoms with E-state index >= 15 is 0 Å². The summed E-state index contributed by atoms with van der Waals surface area (Å²) in [6.07, 6.45) is 0. The van der Waals surface area contributed by atoms with E-state index in [-0.39, 0.29) is 5.02 Å². The minimum absolute atomic E-state index is 0.0367. The van der Waals surface area contributed by atoms with E-state index in [1.54, 1.807) is 10.7 Å². The van der Waals surface area contributed by atoms with Crippen molar-refractivity contribution in [3.05, 3.63) is 40.3 Å². The molecule has 0 saturated heterocycles. The quantitative estimate of drug-likeness (QED) is 0.919. The predicted octanol–water partition coefficient (Wildman–Crippen LogP) is 3.42. The summed E-state index contributed by atoms with van der Waals surface area (Å²) in [6.45, 7) is 5.49. The van der Waals surface area contributed by atoms with Gasteiger partial charge in [-0.25, -0.2) is 9.07 Å². The summed E-state index contributed by atoms with van der Waals surface area (Å²) in [5.74, 6) is 0.649. The molecule has 0 saturated carbocycles. The normalized spacial score (nSPS) is 10.8. The SMILES string of the molecule is CCNCc1c(C)nn(C)c1Oc1ccc(F)c(Cl)c1. The van der Waals surface area contributed by atoms with E-state index in [9.17, 15) is 4.39 Å². The fourth-order valence-corrected chi connectivity index (χ4v) is 2.08. The van der Waals surface area contributed by atoms with E-state index in [0.29, 0.717) is 18.2 Å². The van der Waals surface area contributed by atoms with Gasteiger partial charge in [0.25, 0.3) is 0 Å². The molecule has 0 aliphatic heterocycles. The highest BCUT2D eigenvalue weighted by Crippen LogP contribution is 2.29. The first kappa shape index (κ1) is 14.8. The van der Waals surface area contributed by atoms with E-state index < -0.39 is 5.82 Å². The number of nitrogens with one attached hydrogen (secondary N) is 1. The molecule has 1 heterocycles. The van der Waals surface area contributed by atoms with Crippen LogP contribution >= 0.6 is 11.6 Å². The van der Waals surface area contributed by atoms with Crippen molar-refractivity contribution >= 4 is 11.6 Å². The van der Waals surface area contributed by atoms with Crippen molar-refractivity contribution in [2.45, 2.75) is 20.4 Å². The number of nitrogens with zero attached hydrogens (tertiary/aromatic N) is 2. The zero-order chi connectivity index (χ0) is 14.7. The average Bonchev–Trinajstić information content (AvgIpc) is 2.66. The molecule has 20 heavy (non-hydrogen) atoms. The molecule has 2 aromatic rings. The Morgan fingerprint density at radius 2 is 2.20 bits per heavy atom. The Bertz CT molecular complexity index is 613. The van der Waals surface area contributed by atoms with Gasteiger partial charge in [0.1, 0.15) is 11.6 Å². The van der Waals surface area contributed by atoms with Crippen LogP contribution in [-0.2, 0) is 13.6 Å². The lowest BCUT2D eigenvalue weighted by atomic mass is 10.2. The van der Waals surface area contributed by atoms with Crippen LogP contribution in [0.2, 0.25) is 5.02 Å². The van der Waals surface area contributed by atoms with E-state index in [4.69, 9.17) is 16.3 Å². The van der Waals surface area contributed by atoms with Gasteiger partial charge in [0.05, 0.1) is 16.3 Å². The van der Waals surface area contributed by atoms with Gasteiger partial charge >= 0.3 is 0 Å². The van der Waals surface area contributed by atoms with Crippen LogP contribution in [0.25, 0.3) is 0 Å². The molecule has 0 atom stereocenters. The number of aromatic nitrogens is 2. The minimum Gasteiger partial charge on any atom is -0.439 e. The van der Waals surface area contributed by atoms with Crippen molar-refractivity contribution in [2.75, 3.05) is 6.54 Å². The van der Waals surface area contributed by atoms with Crippen LogP contribution in [0.15, 0.2) is 18.2 Å². The van der Waals surface area contributed by atoms with E-state index in [1.807, 2.05) is 20.9 Å². The Morgan fingerprint density at radius 1 is 1.45 bits per heavy atom. The highest BCUT2D eigenvalue weighted by molar-refractivity contribution is 6.30. The Hall–Kier alpha value is -1.59. The lowest BCUT2D eigenvalue weighted by Gasteiger charge is -2.09. The first-order valence-corrected chi connectivity index (χ1v) is 6.76. The molecule has 0 bridgehead atoms. The van der Waals surface area contributed by atoms with Crippen LogP contribution in [0.1, 0.15) is 18.2 Å². The van der Waals surface area contributed by atoms with Crippen LogP contribution in [0.5, 0.6) is 11.6 Å². The number of rotatable bonds is 5. The summed E-state index contributed by atoms with van der Waals surface area (Å²) >= 11 is 5.76. The second-order valence-electron chi connectivity index (χ2n) is 4.45. The second kappa shape index (κ2) is 6.24. The molecule has 0 unspecified atom stereocenters. The number of benzene rings is 1. The zero-order valence-electron chi connectivity index (χ0n) is 11.7. The Balaban J connectivity index is 2.29.